The standard InChI is InChI=1S/C13H13NO4/c1-2-16-13(15)9-17-12-8-11(18-14-12)10-6-4-3-5-7-10/h3-8H,2,9H2,1H3. The molecule has 0 saturated carbocycles. The molecule has 0 aliphatic carbocycles. The highest BCUT2D eigenvalue weighted by atomic mass is 16.6. The summed E-state index contributed by atoms with van der Waals surface area (Å²) in [6.45, 7) is 1.90. The average Bonchev–Trinajstić information content (AvgIpc) is 2.87. The molecule has 0 amide bonds. The first-order valence-electron chi connectivity index (χ1n) is 5.60. The number of benzene rings is 1. The lowest BCUT2D eigenvalue weighted by atomic mass is 10.2. The number of hydrogen-bond donors (Lipinski definition) is 0. The van der Waals surface area contributed by atoms with Crippen LogP contribution in [0.1, 0.15) is 6.92 Å². The van der Waals surface area contributed by atoms with Crippen LogP contribution in [0.2, 0.25) is 0 Å². The number of aromatic nitrogens is 1. The molecule has 0 spiro atoms. The minimum Gasteiger partial charge on any atom is -0.463 e. The quantitative estimate of drug-likeness (QED) is 0.758. The monoisotopic (exact) mass is 247 g/mol. The van der Waals surface area contributed by atoms with Crippen molar-refractivity contribution in [3.8, 4) is 17.2 Å². The lowest BCUT2D eigenvalue weighted by Crippen LogP contribution is -2.14. The molecule has 0 atom stereocenters. The van der Waals surface area contributed by atoms with Crippen LogP contribution in [0.3, 0.4) is 0 Å². The molecular formula is C13H13NO4. The highest BCUT2D eigenvalue weighted by molar-refractivity contribution is 5.71. The van der Waals surface area contributed by atoms with Crippen LogP contribution in [0.4, 0.5) is 0 Å². The Balaban J connectivity index is 1.97. The molecule has 0 unspecified atom stereocenters. The Morgan fingerprint density at radius 3 is 2.83 bits per heavy atom. The maximum atomic E-state index is 11.1. The molecule has 2 rings (SSSR count). The van der Waals surface area contributed by atoms with E-state index in [2.05, 4.69) is 5.16 Å². The van der Waals surface area contributed by atoms with Crippen molar-refractivity contribution in [1.29, 1.82) is 0 Å². The highest BCUT2D eigenvalue weighted by Crippen LogP contribution is 2.22. The Hall–Kier alpha value is -2.30. The van der Waals surface area contributed by atoms with Gasteiger partial charge in [-0.1, -0.05) is 30.3 Å². The summed E-state index contributed by atoms with van der Waals surface area (Å²) in [5.41, 5.74) is 0.899. The van der Waals surface area contributed by atoms with Crippen molar-refractivity contribution in [2.45, 2.75) is 6.92 Å². The van der Waals surface area contributed by atoms with E-state index in [1.807, 2.05) is 30.3 Å². The lowest BCUT2D eigenvalue weighted by molar-refractivity contribution is -0.145. The second-order valence-corrected chi connectivity index (χ2v) is 3.49. The second kappa shape index (κ2) is 5.86. The second-order valence-electron chi connectivity index (χ2n) is 3.49. The van der Waals surface area contributed by atoms with E-state index >= 15 is 0 Å². The largest absolute Gasteiger partial charge is 0.463 e. The van der Waals surface area contributed by atoms with E-state index in [4.69, 9.17) is 14.0 Å². The van der Waals surface area contributed by atoms with Crippen LogP contribution in [0.5, 0.6) is 5.88 Å². The number of nitrogens with zero attached hydrogens (tertiary/aromatic N) is 1. The van der Waals surface area contributed by atoms with Gasteiger partial charge in [-0.05, 0) is 12.1 Å². The van der Waals surface area contributed by atoms with Crippen LogP contribution in [0, 0.1) is 0 Å². The first-order valence-corrected chi connectivity index (χ1v) is 5.60. The molecule has 0 N–H and O–H groups in total. The highest BCUT2D eigenvalue weighted by Gasteiger charge is 2.09. The number of carbonyl (C=O) groups excluding carboxylic acids is 1. The van der Waals surface area contributed by atoms with Crippen molar-refractivity contribution in [2.24, 2.45) is 0 Å². The molecule has 0 radical (unpaired) electrons. The van der Waals surface area contributed by atoms with Gasteiger partial charge >= 0.3 is 5.97 Å². The Morgan fingerprint density at radius 2 is 2.11 bits per heavy atom. The maximum Gasteiger partial charge on any atom is 0.344 e. The van der Waals surface area contributed by atoms with Gasteiger partial charge < -0.3 is 14.0 Å². The fourth-order valence-corrected chi connectivity index (χ4v) is 1.40. The van der Waals surface area contributed by atoms with E-state index in [-0.39, 0.29) is 12.5 Å². The van der Waals surface area contributed by atoms with E-state index in [1.165, 1.54) is 0 Å². The summed E-state index contributed by atoms with van der Waals surface area (Å²) in [6, 6.07) is 11.1. The van der Waals surface area contributed by atoms with E-state index in [0.29, 0.717) is 12.4 Å². The van der Waals surface area contributed by atoms with E-state index in [1.54, 1.807) is 13.0 Å². The number of carbonyl (C=O) groups is 1. The van der Waals surface area contributed by atoms with Gasteiger partial charge in [-0.25, -0.2) is 4.79 Å². The minimum absolute atomic E-state index is 0.172. The average molecular weight is 247 g/mol. The van der Waals surface area contributed by atoms with Crippen molar-refractivity contribution in [3.05, 3.63) is 36.4 Å². The summed E-state index contributed by atoms with van der Waals surface area (Å²) >= 11 is 0. The van der Waals surface area contributed by atoms with Crippen LogP contribution < -0.4 is 4.74 Å². The van der Waals surface area contributed by atoms with Gasteiger partial charge in [-0.2, -0.15) is 0 Å². The maximum absolute atomic E-state index is 11.1. The van der Waals surface area contributed by atoms with Gasteiger partial charge in [0, 0.05) is 11.6 Å². The molecule has 1 aromatic carbocycles. The Kier molecular flexibility index (Phi) is 3.96. The molecule has 94 valence electrons. The van der Waals surface area contributed by atoms with Gasteiger partial charge in [0.05, 0.1) is 6.61 Å². The van der Waals surface area contributed by atoms with Crippen LogP contribution in [0.25, 0.3) is 11.3 Å². The minimum atomic E-state index is -0.429. The number of esters is 1. The van der Waals surface area contributed by atoms with E-state index < -0.39 is 5.97 Å². The first kappa shape index (κ1) is 12.2. The Bertz CT molecular complexity index is 507. The summed E-state index contributed by atoms with van der Waals surface area (Å²) in [5, 5.41) is 3.72. The Labute approximate surface area is 104 Å². The third-order valence-electron chi connectivity index (χ3n) is 2.19. The van der Waals surface area contributed by atoms with Gasteiger partial charge in [-0.15, -0.1) is 0 Å². The SMILES string of the molecule is CCOC(=O)COc1cc(-c2ccccc2)on1. The molecule has 0 aliphatic rings. The Morgan fingerprint density at radius 1 is 1.33 bits per heavy atom. The topological polar surface area (TPSA) is 61.6 Å². The summed E-state index contributed by atoms with van der Waals surface area (Å²) in [6.07, 6.45) is 0. The van der Waals surface area contributed by atoms with Crippen LogP contribution in [-0.2, 0) is 9.53 Å². The third-order valence-corrected chi connectivity index (χ3v) is 2.19. The third kappa shape index (κ3) is 3.10. The number of ether oxygens (including phenoxy) is 2. The smallest absolute Gasteiger partial charge is 0.344 e. The summed E-state index contributed by atoms with van der Waals surface area (Å²) < 4.78 is 15.0. The molecule has 18 heavy (non-hydrogen) atoms. The molecule has 0 saturated heterocycles. The van der Waals surface area contributed by atoms with Gasteiger partial charge in [0.15, 0.2) is 12.4 Å². The fraction of sp³-hybridized carbons (Fsp3) is 0.231. The van der Waals surface area contributed by atoms with Crippen molar-refractivity contribution >= 4 is 5.97 Å². The van der Waals surface area contributed by atoms with Gasteiger partial charge in [0.2, 0.25) is 0 Å². The van der Waals surface area contributed by atoms with Gasteiger partial charge in [0.1, 0.15) is 0 Å². The van der Waals surface area contributed by atoms with E-state index in [0.717, 1.165) is 5.56 Å². The van der Waals surface area contributed by atoms with Crippen LogP contribution >= 0.6 is 0 Å². The molecular weight excluding hydrogens is 234 g/mol. The molecule has 0 bridgehead atoms. The van der Waals surface area contributed by atoms with Crippen molar-refractivity contribution < 1.29 is 18.8 Å². The molecule has 0 aliphatic heterocycles. The number of rotatable bonds is 5. The number of hydrogen-bond acceptors (Lipinski definition) is 5. The van der Waals surface area contributed by atoms with Crippen molar-refractivity contribution in [2.75, 3.05) is 13.2 Å². The van der Waals surface area contributed by atoms with Gasteiger partial charge in [-0.3, -0.25) is 0 Å². The molecule has 1 aromatic heterocycles. The molecule has 0 fully saturated rings. The normalized spacial score (nSPS) is 10.1. The zero-order chi connectivity index (χ0) is 12.8. The zero-order valence-corrected chi connectivity index (χ0v) is 9.96. The lowest BCUT2D eigenvalue weighted by Gasteiger charge is -2.00. The predicted molar refractivity (Wildman–Crippen MR) is 64.1 cm³/mol. The predicted octanol–water partition coefficient (Wildman–Crippen LogP) is 2.28. The zero-order valence-electron chi connectivity index (χ0n) is 9.96. The summed E-state index contributed by atoms with van der Waals surface area (Å²) in [7, 11) is 0. The molecule has 2 aromatic rings. The summed E-state index contributed by atoms with van der Waals surface area (Å²) in [5.74, 6) is 0.429. The van der Waals surface area contributed by atoms with Crippen LogP contribution in [-0.4, -0.2) is 24.3 Å². The van der Waals surface area contributed by atoms with Crippen LogP contribution in [0.15, 0.2) is 40.9 Å². The van der Waals surface area contributed by atoms with Crippen molar-refractivity contribution in [3.63, 3.8) is 0 Å². The van der Waals surface area contributed by atoms with Crippen molar-refractivity contribution in [1.82, 2.24) is 5.16 Å². The molecule has 5 heteroatoms. The van der Waals surface area contributed by atoms with Gasteiger partial charge in [0.25, 0.3) is 5.88 Å². The fourth-order valence-electron chi connectivity index (χ4n) is 1.40. The van der Waals surface area contributed by atoms with E-state index in [9.17, 15) is 4.79 Å². The first-order chi connectivity index (χ1) is 8.79. The summed E-state index contributed by atoms with van der Waals surface area (Å²) in [4.78, 5) is 11.1. The molecule has 5 nitrogen and oxygen atoms in total. The molecule has 1 heterocycles.